The first kappa shape index (κ1) is 29.7. The van der Waals surface area contributed by atoms with Crippen LogP contribution >= 0.6 is 0 Å². The summed E-state index contributed by atoms with van der Waals surface area (Å²) in [4.78, 5) is 39.7. The summed E-state index contributed by atoms with van der Waals surface area (Å²) in [6.07, 6.45) is 9.77. The highest BCUT2D eigenvalue weighted by Crippen LogP contribution is 2.69. The Morgan fingerprint density at radius 1 is 1.08 bits per heavy atom. The number of fused-ring (bicyclic) bond motifs is 4. The lowest BCUT2D eigenvalue weighted by Crippen LogP contribution is -2.70. The number of carbonyl (C=O) groups excluding carboxylic acids is 2. The van der Waals surface area contributed by atoms with E-state index in [0.717, 1.165) is 84.0 Å². The SMILES string of the molecule is COc1cc(C(=O)N2[C@H]3CC[C@@H]2[C@H](N)C3)cc2nc(-c3cc4ccc([C@@H](C)NC(=O)C56CC(F)(C5)C6)nc4n3CC34CC(C3)C4)c(C3CC3)n12. The molecule has 6 heterocycles. The highest BCUT2D eigenvalue weighted by molar-refractivity contribution is 5.97. The molecule has 2 amide bonds. The number of nitrogens with one attached hydrogen (secondary N) is 1. The molecule has 9 fully saturated rings. The molecule has 9 aliphatic rings. The van der Waals surface area contributed by atoms with Crippen molar-refractivity contribution in [3.8, 4) is 17.3 Å². The van der Waals surface area contributed by atoms with Gasteiger partial charge in [-0.25, -0.2) is 14.4 Å². The minimum absolute atomic E-state index is 0.0117. The lowest BCUT2D eigenvalue weighted by atomic mass is 9.42. The number of nitrogens with zero attached hydrogens (tertiary/aromatic N) is 5. The van der Waals surface area contributed by atoms with E-state index < -0.39 is 11.1 Å². The Kier molecular flexibility index (Phi) is 5.74. The molecular weight excluding hydrogens is 633 g/mol. The predicted octanol–water partition coefficient (Wildman–Crippen LogP) is 5.81. The number of methoxy groups -OCH3 is 1. The third-order valence-electron chi connectivity index (χ3n) is 13.9. The average molecular weight is 678 g/mol. The van der Waals surface area contributed by atoms with E-state index in [9.17, 15) is 14.0 Å². The van der Waals surface area contributed by atoms with Crippen molar-refractivity contribution in [3.63, 3.8) is 0 Å². The number of halogens is 1. The molecule has 4 aromatic rings. The number of alkyl halides is 1. The van der Waals surface area contributed by atoms with Gasteiger partial charge in [-0.3, -0.25) is 14.0 Å². The minimum atomic E-state index is -1.11. The van der Waals surface area contributed by atoms with Crippen molar-refractivity contribution >= 4 is 28.5 Å². The third kappa shape index (κ3) is 3.98. The molecule has 6 bridgehead atoms. The van der Waals surface area contributed by atoms with Crippen molar-refractivity contribution in [3.05, 3.63) is 47.3 Å². The average Bonchev–Trinajstić information content (AvgIpc) is 3.38. The standard InChI is InChI=1S/C39H44FN7O3/c1-20(42-36(49)38-16-39(40,17-38)18-38)27-7-5-23-9-29(45(34(23)43-27)19-37-13-21(14-37)15-37)32-33(22-3-4-22)47-30(44-32)10-24(11-31(47)50-2)35(48)46-25-6-8-28(46)26(41)12-25/h5,7,9-11,20-22,25-26,28H,3-4,6,8,12-19,41H2,1-2H3,(H,42,49)/t20-,21?,25+,26-,28-,37?,38?,39?/m1/s1. The second kappa shape index (κ2) is 9.66. The van der Waals surface area contributed by atoms with Gasteiger partial charge >= 0.3 is 0 Å². The fourth-order valence-corrected chi connectivity index (χ4v) is 11.1. The number of amides is 2. The Hall–Kier alpha value is -3.99. The van der Waals surface area contributed by atoms with Crippen LogP contribution in [0.3, 0.4) is 0 Å². The molecule has 7 aliphatic carbocycles. The van der Waals surface area contributed by atoms with E-state index in [2.05, 4.69) is 26.4 Å². The summed E-state index contributed by atoms with van der Waals surface area (Å²) >= 11 is 0. The van der Waals surface area contributed by atoms with Crippen molar-refractivity contribution in [2.45, 2.75) is 120 Å². The normalized spacial score (nSPS) is 35.0. The number of carbonyl (C=O) groups is 2. The summed E-state index contributed by atoms with van der Waals surface area (Å²) in [5, 5.41) is 4.20. The number of hydrogen-bond donors (Lipinski definition) is 2. The number of aromatic nitrogens is 4. The molecular formula is C39H44FN7O3. The van der Waals surface area contributed by atoms with Crippen LogP contribution in [0.15, 0.2) is 30.3 Å². The molecule has 0 unspecified atom stereocenters. The summed E-state index contributed by atoms with van der Waals surface area (Å²) in [6.45, 7) is 2.84. The summed E-state index contributed by atoms with van der Waals surface area (Å²) in [7, 11) is 1.67. The molecule has 2 saturated heterocycles. The van der Waals surface area contributed by atoms with Gasteiger partial charge in [-0.15, -0.1) is 0 Å². The van der Waals surface area contributed by atoms with Crippen LogP contribution in [0.25, 0.3) is 28.1 Å². The van der Waals surface area contributed by atoms with Crippen LogP contribution in [0.2, 0.25) is 0 Å². The van der Waals surface area contributed by atoms with Gasteiger partial charge in [-0.2, -0.15) is 0 Å². The Balaban J connectivity index is 1.01. The van der Waals surface area contributed by atoms with Crippen molar-refractivity contribution in [2.24, 2.45) is 22.5 Å². The molecule has 11 heteroatoms. The Morgan fingerprint density at radius 2 is 1.86 bits per heavy atom. The van der Waals surface area contributed by atoms with E-state index in [4.69, 9.17) is 20.4 Å². The molecule has 2 aliphatic heterocycles. The molecule has 3 N–H and O–H groups in total. The molecule has 4 atom stereocenters. The van der Waals surface area contributed by atoms with E-state index >= 15 is 0 Å². The summed E-state index contributed by atoms with van der Waals surface area (Å²) in [5.74, 6) is 1.78. The zero-order chi connectivity index (χ0) is 33.9. The lowest BCUT2D eigenvalue weighted by molar-refractivity contribution is -0.214. The first-order chi connectivity index (χ1) is 24.0. The highest BCUT2D eigenvalue weighted by Gasteiger charge is 2.72. The Labute approximate surface area is 289 Å². The molecule has 0 aromatic carbocycles. The van der Waals surface area contributed by atoms with Gasteiger partial charge in [0.15, 0.2) is 5.88 Å². The van der Waals surface area contributed by atoms with Crippen molar-refractivity contribution in [1.82, 2.24) is 29.2 Å². The maximum atomic E-state index is 14.2. The second-order valence-corrected chi connectivity index (χ2v) is 17.4. The topological polar surface area (TPSA) is 120 Å². The van der Waals surface area contributed by atoms with Crippen LogP contribution < -0.4 is 15.8 Å². The van der Waals surface area contributed by atoms with Crippen LogP contribution in [0.4, 0.5) is 4.39 Å². The van der Waals surface area contributed by atoms with Crippen LogP contribution in [0, 0.1) is 16.7 Å². The van der Waals surface area contributed by atoms with E-state index in [0.29, 0.717) is 42.0 Å². The maximum Gasteiger partial charge on any atom is 0.254 e. The largest absolute Gasteiger partial charge is 0.482 e. The number of pyridine rings is 2. The summed E-state index contributed by atoms with van der Waals surface area (Å²) in [5.41, 5.74) is 11.2. The van der Waals surface area contributed by atoms with E-state index in [1.165, 1.54) is 19.3 Å². The molecule has 7 saturated carbocycles. The fourth-order valence-electron chi connectivity index (χ4n) is 11.1. The third-order valence-corrected chi connectivity index (χ3v) is 13.9. The van der Waals surface area contributed by atoms with Crippen LogP contribution in [0.5, 0.6) is 5.88 Å². The molecule has 10 nitrogen and oxygen atoms in total. The highest BCUT2D eigenvalue weighted by atomic mass is 19.1. The smallest absolute Gasteiger partial charge is 0.254 e. The van der Waals surface area contributed by atoms with Crippen LogP contribution in [-0.2, 0) is 11.3 Å². The van der Waals surface area contributed by atoms with Gasteiger partial charge in [0, 0.05) is 47.6 Å². The van der Waals surface area contributed by atoms with E-state index in [1.54, 1.807) is 7.11 Å². The molecule has 13 rings (SSSR count). The zero-order valence-corrected chi connectivity index (χ0v) is 28.8. The number of ether oxygens (including phenoxy) is 1. The Morgan fingerprint density at radius 3 is 2.48 bits per heavy atom. The van der Waals surface area contributed by atoms with Crippen LogP contribution in [0.1, 0.15) is 111 Å². The van der Waals surface area contributed by atoms with Gasteiger partial charge in [0.2, 0.25) is 5.91 Å². The van der Waals surface area contributed by atoms with Gasteiger partial charge in [0.1, 0.15) is 22.7 Å². The summed E-state index contributed by atoms with van der Waals surface area (Å²) in [6, 6.07) is 10.2. The number of imidazole rings is 1. The first-order valence-electron chi connectivity index (χ1n) is 18.7. The Bertz CT molecular complexity index is 2130. The van der Waals surface area contributed by atoms with Crippen molar-refractivity contribution < 1.29 is 18.7 Å². The van der Waals surface area contributed by atoms with Crippen LogP contribution in [-0.4, -0.2) is 66.6 Å². The molecule has 0 radical (unpaired) electrons. The van der Waals surface area contributed by atoms with Crippen molar-refractivity contribution in [2.75, 3.05) is 7.11 Å². The number of nitrogens with two attached hydrogens (primary N) is 1. The molecule has 260 valence electrons. The second-order valence-electron chi connectivity index (χ2n) is 17.4. The lowest BCUT2D eigenvalue weighted by Gasteiger charge is -2.64. The minimum Gasteiger partial charge on any atom is -0.482 e. The molecule has 0 spiro atoms. The van der Waals surface area contributed by atoms with Gasteiger partial charge in [-0.1, -0.05) is 0 Å². The predicted molar refractivity (Wildman–Crippen MR) is 184 cm³/mol. The van der Waals surface area contributed by atoms with Gasteiger partial charge in [0.25, 0.3) is 5.91 Å². The number of hydrogen-bond acceptors (Lipinski definition) is 6. The quantitative estimate of drug-likeness (QED) is 0.231. The maximum absolute atomic E-state index is 14.2. The summed E-state index contributed by atoms with van der Waals surface area (Å²) < 4.78 is 24.7. The monoisotopic (exact) mass is 677 g/mol. The van der Waals surface area contributed by atoms with Gasteiger partial charge in [0.05, 0.1) is 35.6 Å². The molecule has 4 aromatic heterocycles. The first-order valence-corrected chi connectivity index (χ1v) is 18.7. The molecule has 50 heavy (non-hydrogen) atoms. The van der Waals surface area contributed by atoms with E-state index in [-0.39, 0.29) is 36.0 Å². The van der Waals surface area contributed by atoms with Gasteiger partial charge in [-0.05, 0) is 113 Å². The van der Waals surface area contributed by atoms with E-state index in [1.807, 2.05) is 30.0 Å². The fraction of sp³-hybridized carbons (Fsp3) is 0.590. The van der Waals surface area contributed by atoms with Crippen molar-refractivity contribution in [1.29, 1.82) is 0 Å². The number of rotatable bonds is 9. The van der Waals surface area contributed by atoms with Gasteiger partial charge < -0.3 is 25.3 Å². The zero-order valence-electron chi connectivity index (χ0n) is 28.8.